The molecule has 1 aromatic rings. The van der Waals surface area contributed by atoms with E-state index in [1.54, 1.807) is 13.8 Å². The van der Waals surface area contributed by atoms with Crippen LogP contribution in [-0.4, -0.2) is 11.9 Å². The lowest BCUT2D eigenvalue weighted by Crippen LogP contribution is -2.13. The summed E-state index contributed by atoms with van der Waals surface area (Å²) >= 11 is 0. The van der Waals surface area contributed by atoms with Gasteiger partial charge in [0.25, 0.3) is 0 Å². The second-order valence-corrected chi connectivity index (χ2v) is 13.4. The zero-order valence-corrected chi connectivity index (χ0v) is 28.6. The van der Waals surface area contributed by atoms with Crippen molar-refractivity contribution in [1.82, 2.24) is 0 Å². The molecule has 240 valence electrons. The van der Waals surface area contributed by atoms with E-state index in [9.17, 15) is 9.59 Å². The van der Waals surface area contributed by atoms with Crippen molar-refractivity contribution < 1.29 is 19.1 Å². The van der Waals surface area contributed by atoms with Gasteiger partial charge < -0.3 is 9.47 Å². The van der Waals surface area contributed by atoms with Crippen molar-refractivity contribution in [3.8, 4) is 0 Å². The van der Waals surface area contributed by atoms with Gasteiger partial charge >= 0.3 is 11.9 Å². The van der Waals surface area contributed by atoms with Crippen LogP contribution in [0.25, 0.3) is 0 Å². The predicted octanol–water partition coefficient (Wildman–Crippen LogP) is 10.3. The second kappa shape index (κ2) is 15.9. The van der Waals surface area contributed by atoms with Crippen LogP contribution < -0.4 is 0 Å². The standard InChI is InChI=1S/C41H52O4/c1-10-12-23-41(9)26-33(18-22-37(28-41)45-39(43)30(5)6)14-13-31-15-19-35(34(11-2)24-31)20-16-32-17-21-36(27-40(7,8)25-32)44-38(42)29(3)4/h15,17-19,21-22,24-28H,3,5,10-14,16,20,23H2,1-2,4,6-9H3. The first-order valence-electron chi connectivity index (χ1n) is 16.3. The summed E-state index contributed by atoms with van der Waals surface area (Å²) in [6.07, 6.45) is 24.5. The fourth-order valence-electron chi connectivity index (χ4n) is 5.75. The summed E-state index contributed by atoms with van der Waals surface area (Å²) in [7, 11) is 0. The molecule has 1 unspecified atom stereocenters. The molecule has 3 rings (SSSR count). The maximum atomic E-state index is 12.2. The molecule has 0 spiro atoms. The molecule has 0 aliphatic heterocycles. The number of aryl methyl sites for hydroxylation is 3. The molecule has 0 saturated carbocycles. The molecule has 0 amide bonds. The molecule has 4 nitrogen and oxygen atoms in total. The Morgan fingerprint density at radius 3 is 1.87 bits per heavy atom. The highest BCUT2D eigenvalue weighted by atomic mass is 16.5. The Kier molecular flexibility index (Phi) is 12.6. The number of carbonyl (C=O) groups excluding carboxylic acids is 2. The van der Waals surface area contributed by atoms with Crippen LogP contribution in [-0.2, 0) is 38.3 Å². The molecule has 0 heterocycles. The summed E-state index contributed by atoms with van der Waals surface area (Å²) in [5.74, 6) is 0.356. The minimum absolute atomic E-state index is 0.184. The monoisotopic (exact) mass is 608 g/mol. The van der Waals surface area contributed by atoms with Crippen LogP contribution in [0.4, 0.5) is 0 Å². The topological polar surface area (TPSA) is 52.6 Å². The van der Waals surface area contributed by atoms with Gasteiger partial charge in [0.05, 0.1) is 0 Å². The molecule has 45 heavy (non-hydrogen) atoms. The highest BCUT2D eigenvalue weighted by molar-refractivity contribution is 5.88. The number of hydrogen-bond donors (Lipinski definition) is 0. The van der Waals surface area contributed by atoms with E-state index in [0.29, 0.717) is 22.7 Å². The smallest absolute Gasteiger partial charge is 0.338 e. The largest absolute Gasteiger partial charge is 0.424 e. The number of allylic oxidation sites excluding steroid dienone is 10. The number of unbranched alkanes of at least 4 members (excludes halogenated alkanes) is 1. The third kappa shape index (κ3) is 11.2. The average molecular weight is 609 g/mol. The third-order valence-electron chi connectivity index (χ3n) is 8.21. The lowest BCUT2D eigenvalue weighted by atomic mass is 9.82. The van der Waals surface area contributed by atoms with Crippen molar-refractivity contribution in [2.45, 2.75) is 99.8 Å². The lowest BCUT2D eigenvalue weighted by molar-refractivity contribution is -0.135. The van der Waals surface area contributed by atoms with Gasteiger partial charge in [0.2, 0.25) is 0 Å². The minimum Gasteiger partial charge on any atom is -0.424 e. The Balaban J connectivity index is 1.70. The Morgan fingerprint density at radius 1 is 0.711 bits per heavy atom. The van der Waals surface area contributed by atoms with Crippen LogP contribution in [0.15, 0.2) is 114 Å². The predicted molar refractivity (Wildman–Crippen MR) is 186 cm³/mol. The summed E-state index contributed by atoms with van der Waals surface area (Å²) in [4.78, 5) is 24.3. The van der Waals surface area contributed by atoms with Crippen LogP contribution in [0.1, 0.15) is 97.3 Å². The molecule has 0 fully saturated rings. The summed E-state index contributed by atoms with van der Waals surface area (Å²) in [6.45, 7) is 21.6. The van der Waals surface area contributed by atoms with E-state index in [0.717, 1.165) is 51.4 Å². The van der Waals surface area contributed by atoms with E-state index in [4.69, 9.17) is 9.47 Å². The molecule has 0 N–H and O–H groups in total. The Hall–Kier alpha value is -3.92. The summed E-state index contributed by atoms with van der Waals surface area (Å²) < 4.78 is 11.2. The molecule has 0 bridgehead atoms. The number of benzene rings is 1. The first-order valence-corrected chi connectivity index (χ1v) is 16.3. The van der Waals surface area contributed by atoms with Crippen LogP contribution in [0.5, 0.6) is 0 Å². The third-order valence-corrected chi connectivity index (χ3v) is 8.21. The lowest BCUT2D eigenvalue weighted by Gasteiger charge is -2.23. The highest BCUT2D eigenvalue weighted by Gasteiger charge is 2.23. The van der Waals surface area contributed by atoms with Gasteiger partial charge in [-0.3, -0.25) is 0 Å². The molecule has 2 aliphatic rings. The molecule has 0 radical (unpaired) electrons. The highest BCUT2D eigenvalue weighted by Crippen LogP contribution is 2.35. The van der Waals surface area contributed by atoms with E-state index in [2.05, 4.69) is 96.4 Å². The van der Waals surface area contributed by atoms with E-state index >= 15 is 0 Å². The van der Waals surface area contributed by atoms with Crippen molar-refractivity contribution in [2.75, 3.05) is 0 Å². The van der Waals surface area contributed by atoms with Gasteiger partial charge in [0.15, 0.2) is 0 Å². The summed E-state index contributed by atoms with van der Waals surface area (Å²) in [5.41, 5.74) is 6.92. The first-order chi connectivity index (χ1) is 21.2. The van der Waals surface area contributed by atoms with Gasteiger partial charge in [0.1, 0.15) is 11.5 Å². The van der Waals surface area contributed by atoms with Crippen LogP contribution in [0, 0.1) is 10.8 Å². The zero-order valence-electron chi connectivity index (χ0n) is 28.6. The normalized spacial score (nSPS) is 18.9. The maximum absolute atomic E-state index is 12.2. The first kappa shape index (κ1) is 35.6. The van der Waals surface area contributed by atoms with Crippen LogP contribution in [0.2, 0.25) is 0 Å². The van der Waals surface area contributed by atoms with E-state index in [1.807, 2.05) is 18.2 Å². The number of carbonyl (C=O) groups is 2. The van der Waals surface area contributed by atoms with Crippen molar-refractivity contribution in [3.63, 3.8) is 0 Å². The molecular weight excluding hydrogens is 556 g/mol. The average Bonchev–Trinajstić information content (AvgIpc) is 3.23. The van der Waals surface area contributed by atoms with Crippen LogP contribution >= 0.6 is 0 Å². The quantitative estimate of drug-likeness (QED) is 0.156. The molecule has 0 saturated heterocycles. The Morgan fingerprint density at radius 2 is 1.29 bits per heavy atom. The molecular formula is C41H52O4. The molecule has 2 aliphatic carbocycles. The fourth-order valence-corrected chi connectivity index (χ4v) is 5.75. The van der Waals surface area contributed by atoms with Gasteiger partial charge in [-0.15, -0.1) is 0 Å². The van der Waals surface area contributed by atoms with Crippen LogP contribution in [0.3, 0.4) is 0 Å². The van der Waals surface area contributed by atoms with Gasteiger partial charge in [-0.2, -0.15) is 0 Å². The van der Waals surface area contributed by atoms with Gasteiger partial charge in [0, 0.05) is 22.0 Å². The van der Waals surface area contributed by atoms with Gasteiger partial charge in [-0.1, -0.05) is 114 Å². The molecule has 4 heteroatoms. The Bertz CT molecular complexity index is 1490. The van der Waals surface area contributed by atoms with Crippen molar-refractivity contribution in [1.29, 1.82) is 0 Å². The minimum atomic E-state index is -0.403. The number of esters is 2. The van der Waals surface area contributed by atoms with Gasteiger partial charge in [-0.05, 0) is 93.4 Å². The summed E-state index contributed by atoms with van der Waals surface area (Å²) in [6, 6.07) is 6.92. The molecule has 1 aromatic carbocycles. The number of hydrogen-bond acceptors (Lipinski definition) is 4. The number of ether oxygens (including phenoxy) is 2. The number of rotatable bonds is 14. The van der Waals surface area contributed by atoms with Gasteiger partial charge in [-0.25, -0.2) is 9.59 Å². The molecule has 1 atom stereocenters. The SMILES string of the molecule is C=C(C)C(=O)OC1=CC(C)(C)C=C(CCc2ccc(CCC3=CC(C)(CCCC)C=C(OC(=O)C(=C)C)C=C3)cc2CC)C=C1. The van der Waals surface area contributed by atoms with Crippen molar-refractivity contribution >= 4 is 11.9 Å². The van der Waals surface area contributed by atoms with Crippen molar-refractivity contribution in [2.24, 2.45) is 10.8 Å². The zero-order chi connectivity index (χ0) is 33.2. The maximum Gasteiger partial charge on any atom is 0.338 e. The summed E-state index contributed by atoms with van der Waals surface area (Å²) in [5, 5.41) is 0. The molecule has 0 aromatic heterocycles. The Labute approximate surface area is 271 Å². The second-order valence-electron chi connectivity index (χ2n) is 13.4. The van der Waals surface area contributed by atoms with E-state index < -0.39 is 5.97 Å². The van der Waals surface area contributed by atoms with Crippen molar-refractivity contribution in [3.05, 3.63) is 130 Å². The van der Waals surface area contributed by atoms with E-state index in [1.165, 1.54) is 27.8 Å². The van der Waals surface area contributed by atoms with E-state index in [-0.39, 0.29) is 16.8 Å². The fraction of sp³-hybridized carbons (Fsp3) is 0.415.